The Morgan fingerprint density at radius 3 is 2.35 bits per heavy atom. The molecular formula is C24H27ClN2O4. The zero-order valence-corrected chi connectivity index (χ0v) is 19.0. The summed E-state index contributed by atoms with van der Waals surface area (Å²) in [6, 6.07) is 5.19. The third kappa shape index (κ3) is 4.33. The lowest BCUT2D eigenvalue weighted by Crippen LogP contribution is -2.33. The summed E-state index contributed by atoms with van der Waals surface area (Å²) in [6.45, 7) is 6.80. The summed E-state index contributed by atoms with van der Waals surface area (Å²) in [5.74, 6) is -0.378. The SMILES string of the molecule is Cc1cc(OC(C)C(=O)c2c(C)c(C#N)c(=O)n(C3CCCCC3)c2O)cc(C)c1Cl. The minimum absolute atomic E-state index is 0.0309. The number of aryl methyl sites for hydroxylation is 2. The second kappa shape index (κ2) is 9.15. The first-order chi connectivity index (χ1) is 14.7. The van der Waals surface area contributed by atoms with Gasteiger partial charge >= 0.3 is 0 Å². The average molecular weight is 443 g/mol. The molecule has 1 N–H and O–H groups in total. The van der Waals surface area contributed by atoms with Gasteiger partial charge in [-0.25, -0.2) is 0 Å². The van der Waals surface area contributed by atoms with Gasteiger partial charge in [-0.1, -0.05) is 30.9 Å². The van der Waals surface area contributed by atoms with Crippen molar-refractivity contribution in [3.8, 4) is 17.7 Å². The Morgan fingerprint density at radius 2 is 1.81 bits per heavy atom. The van der Waals surface area contributed by atoms with Gasteiger partial charge in [0, 0.05) is 11.1 Å². The molecule has 1 aliphatic carbocycles. The highest BCUT2D eigenvalue weighted by molar-refractivity contribution is 6.32. The van der Waals surface area contributed by atoms with Crippen LogP contribution in [0.5, 0.6) is 11.6 Å². The minimum Gasteiger partial charge on any atom is -0.494 e. The molecule has 1 fully saturated rings. The third-order valence-corrected chi connectivity index (χ3v) is 6.62. The van der Waals surface area contributed by atoms with Crippen LogP contribution >= 0.6 is 11.6 Å². The zero-order valence-electron chi connectivity index (χ0n) is 18.3. The molecule has 3 rings (SSSR count). The van der Waals surface area contributed by atoms with Crippen molar-refractivity contribution in [3.63, 3.8) is 0 Å². The van der Waals surface area contributed by atoms with Crippen molar-refractivity contribution in [2.45, 2.75) is 71.9 Å². The van der Waals surface area contributed by atoms with Crippen LogP contribution in [-0.4, -0.2) is 21.6 Å². The Kier molecular flexibility index (Phi) is 6.76. The largest absolute Gasteiger partial charge is 0.494 e. The highest BCUT2D eigenvalue weighted by Crippen LogP contribution is 2.34. The van der Waals surface area contributed by atoms with Crippen molar-refractivity contribution in [2.24, 2.45) is 0 Å². The standard InChI is InChI=1S/C24H27ClN2O4/c1-13-10-18(11-14(2)21(13)25)31-16(4)22(28)20-15(3)19(12-26)23(29)27(24(20)30)17-8-6-5-7-9-17/h10-11,16-17,30H,5-9H2,1-4H3. The summed E-state index contributed by atoms with van der Waals surface area (Å²) < 4.78 is 7.09. The molecule has 1 atom stereocenters. The first-order valence-electron chi connectivity index (χ1n) is 10.5. The molecule has 0 bridgehead atoms. The van der Waals surface area contributed by atoms with Gasteiger partial charge in [0.25, 0.3) is 5.56 Å². The van der Waals surface area contributed by atoms with Crippen molar-refractivity contribution >= 4 is 17.4 Å². The van der Waals surface area contributed by atoms with Crippen LogP contribution in [0, 0.1) is 32.1 Å². The highest BCUT2D eigenvalue weighted by atomic mass is 35.5. The predicted molar refractivity (Wildman–Crippen MR) is 119 cm³/mol. The molecule has 1 unspecified atom stereocenters. The number of carbonyl (C=O) groups excluding carboxylic acids is 1. The van der Waals surface area contributed by atoms with E-state index in [4.69, 9.17) is 16.3 Å². The average Bonchev–Trinajstić information content (AvgIpc) is 2.73. The second-order valence-electron chi connectivity index (χ2n) is 8.27. The Labute approximate surface area is 187 Å². The molecule has 1 saturated carbocycles. The summed E-state index contributed by atoms with van der Waals surface area (Å²) in [4.78, 5) is 26.2. The molecule has 6 nitrogen and oxygen atoms in total. The maximum absolute atomic E-state index is 13.3. The number of hydrogen-bond acceptors (Lipinski definition) is 5. The molecule has 0 aliphatic heterocycles. The van der Waals surface area contributed by atoms with E-state index < -0.39 is 17.4 Å². The molecule has 0 saturated heterocycles. The fourth-order valence-corrected chi connectivity index (χ4v) is 4.44. The van der Waals surface area contributed by atoms with Crippen molar-refractivity contribution in [3.05, 3.63) is 55.3 Å². The van der Waals surface area contributed by atoms with Gasteiger partial charge < -0.3 is 9.84 Å². The number of carbonyl (C=O) groups is 1. The number of ketones is 1. The lowest BCUT2D eigenvalue weighted by atomic mass is 9.93. The Balaban J connectivity index is 2.03. The minimum atomic E-state index is -0.937. The van der Waals surface area contributed by atoms with Crippen LogP contribution in [0.25, 0.3) is 0 Å². The lowest BCUT2D eigenvalue weighted by molar-refractivity contribution is 0.0811. The van der Waals surface area contributed by atoms with Gasteiger partial charge in [-0.05, 0) is 69.4 Å². The van der Waals surface area contributed by atoms with Crippen LogP contribution in [0.4, 0.5) is 0 Å². The van der Waals surface area contributed by atoms with Gasteiger partial charge in [0.15, 0.2) is 6.10 Å². The molecule has 0 radical (unpaired) electrons. The molecule has 164 valence electrons. The van der Waals surface area contributed by atoms with Gasteiger partial charge in [-0.15, -0.1) is 0 Å². The van der Waals surface area contributed by atoms with Crippen molar-refractivity contribution in [1.29, 1.82) is 5.26 Å². The van der Waals surface area contributed by atoms with Crippen LogP contribution in [-0.2, 0) is 0 Å². The van der Waals surface area contributed by atoms with E-state index in [1.165, 1.54) is 11.5 Å². The normalized spacial score (nSPS) is 15.4. The molecule has 0 amide bonds. The summed E-state index contributed by atoms with van der Waals surface area (Å²) >= 11 is 6.21. The zero-order chi connectivity index (χ0) is 22.9. The van der Waals surface area contributed by atoms with Gasteiger partial charge in [-0.3, -0.25) is 14.2 Å². The molecule has 31 heavy (non-hydrogen) atoms. The molecule has 1 heterocycles. The first-order valence-corrected chi connectivity index (χ1v) is 10.9. The van der Waals surface area contributed by atoms with E-state index in [2.05, 4.69) is 0 Å². The van der Waals surface area contributed by atoms with E-state index in [9.17, 15) is 20.0 Å². The molecule has 7 heteroatoms. The monoisotopic (exact) mass is 442 g/mol. The van der Waals surface area contributed by atoms with E-state index >= 15 is 0 Å². The number of aromatic nitrogens is 1. The number of hydrogen-bond donors (Lipinski definition) is 1. The van der Waals surface area contributed by atoms with E-state index in [0.717, 1.165) is 43.2 Å². The number of rotatable bonds is 5. The molecule has 1 aromatic heterocycles. The topological polar surface area (TPSA) is 92.3 Å². The van der Waals surface area contributed by atoms with Gasteiger partial charge in [-0.2, -0.15) is 5.26 Å². The highest BCUT2D eigenvalue weighted by Gasteiger charge is 2.31. The Bertz CT molecular complexity index is 1100. The molecular weight excluding hydrogens is 416 g/mol. The maximum atomic E-state index is 13.3. The fraction of sp³-hybridized carbons (Fsp3) is 0.458. The smallest absolute Gasteiger partial charge is 0.271 e. The van der Waals surface area contributed by atoms with Crippen LogP contribution in [0.15, 0.2) is 16.9 Å². The summed E-state index contributed by atoms with van der Waals surface area (Å²) in [5, 5.41) is 21.2. The van der Waals surface area contributed by atoms with Crippen molar-refractivity contribution in [2.75, 3.05) is 0 Å². The second-order valence-corrected chi connectivity index (χ2v) is 8.65. The van der Waals surface area contributed by atoms with E-state index in [1.54, 1.807) is 19.1 Å². The van der Waals surface area contributed by atoms with Crippen LogP contribution in [0.2, 0.25) is 5.02 Å². The number of ether oxygens (including phenoxy) is 1. The first kappa shape index (κ1) is 22.9. The van der Waals surface area contributed by atoms with E-state index in [0.29, 0.717) is 10.8 Å². The molecule has 1 aliphatic rings. The van der Waals surface area contributed by atoms with Crippen molar-refractivity contribution in [1.82, 2.24) is 4.57 Å². The summed E-state index contributed by atoms with van der Waals surface area (Å²) in [6.07, 6.45) is 3.46. The number of pyridine rings is 1. The number of nitrogens with zero attached hydrogens (tertiary/aromatic N) is 2. The summed E-state index contributed by atoms with van der Waals surface area (Å²) in [7, 11) is 0. The number of halogens is 1. The summed E-state index contributed by atoms with van der Waals surface area (Å²) in [5.41, 5.74) is 1.15. The van der Waals surface area contributed by atoms with Crippen LogP contribution < -0.4 is 10.3 Å². The number of aromatic hydroxyl groups is 1. The van der Waals surface area contributed by atoms with Gasteiger partial charge in [0.1, 0.15) is 17.4 Å². The van der Waals surface area contributed by atoms with E-state index in [-0.39, 0.29) is 28.6 Å². The maximum Gasteiger partial charge on any atom is 0.271 e. The Hall–Kier alpha value is -2.78. The third-order valence-electron chi connectivity index (χ3n) is 6.02. The van der Waals surface area contributed by atoms with Gasteiger partial charge in [0.05, 0.1) is 5.56 Å². The van der Waals surface area contributed by atoms with E-state index in [1.807, 2.05) is 19.9 Å². The number of benzene rings is 1. The van der Waals surface area contributed by atoms with Gasteiger partial charge in [0.2, 0.25) is 11.7 Å². The Morgan fingerprint density at radius 1 is 1.23 bits per heavy atom. The predicted octanol–water partition coefficient (Wildman–Crippen LogP) is 5.16. The fourth-order valence-electron chi connectivity index (χ4n) is 4.33. The molecule has 2 aromatic rings. The number of nitriles is 1. The molecule has 1 aromatic carbocycles. The van der Waals surface area contributed by atoms with Crippen LogP contribution in [0.1, 0.15) is 77.7 Å². The lowest BCUT2D eigenvalue weighted by Gasteiger charge is -2.27. The number of Topliss-reactive ketones (excluding diaryl/α,β-unsaturated/α-hetero) is 1. The quantitative estimate of drug-likeness (QED) is 0.645. The van der Waals surface area contributed by atoms with Crippen molar-refractivity contribution < 1.29 is 14.6 Å². The van der Waals surface area contributed by atoms with Crippen LogP contribution in [0.3, 0.4) is 0 Å². The molecule has 0 spiro atoms.